The molecule has 3 unspecified atom stereocenters. The van der Waals surface area contributed by atoms with Gasteiger partial charge in [-0.3, -0.25) is 13.9 Å². The first kappa shape index (κ1) is 47.5. The Balaban J connectivity index is 1.16. The molecule has 0 spiro atoms. The van der Waals surface area contributed by atoms with Gasteiger partial charge in [0.2, 0.25) is 0 Å². The van der Waals surface area contributed by atoms with Crippen molar-refractivity contribution >= 4 is 31.3 Å². The molecule has 1 saturated heterocycles. The zero-order chi connectivity index (χ0) is 41.1. The summed E-state index contributed by atoms with van der Waals surface area (Å²) in [5.74, 6) is 0.358. The van der Waals surface area contributed by atoms with E-state index in [2.05, 4.69) is 17.0 Å². The first-order valence-electron chi connectivity index (χ1n) is 21.9. The van der Waals surface area contributed by atoms with Crippen molar-refractivity contribution in [2.24, 2.45) is 0 Å². The molecule has 0 amide bonds. The van der Waals surface area contributed by atoms with Crippen molar-refractivity contribution in [1.29, 1.82) is 0 Å². The monoisotopic (exact) mass is 840 g/mol. The van der Waals surface area contributed by atoms with Crippen LogP contribution in [0.4, 0.5) is 5.82 Å². The number of benzene rings is 2. The number of unbranched alkanes of at least 4 members (excludes halogenated alkanes) is 19. The number of aromatic nitrogens is 2. The summed E-state index contributed by atoms with van der Waals surface area (Å²) in [6.07, 6.45) is 27.2. The highest BCUT2D eigenvalue weighted by Crippen LogP contribution is 2.46. The molecule has 4 rings (SSSR count). The van der Waals surface area contributed by atoms with Crippen molar-refractivity contribution in [3.8, 4) is 5.75 Å². The van der Waals surface area contributed by atoms with Crippen LogP contribution in [0.25, 0.3) is 0 Å². The number of carbonyl (C=O) groups is 1. The van der Waals surface area contributed by atoms with E-state index in [1.165, 1.54) is 138 Å². The van der Waals surface area contributed by atoms with Crippen molar-refractivity contribution < 1.29 is 27.9 Å². The quantitative estimate of drug-likeness (QED) is 0.0352. The molecule has 0 radical (unpaired) electrons. The molecule has 1 aromatic heterocycles. The highest BCUT2D eigenvalue weighted by Gasteiger charge is 2.37. The first-order chi connectivity index (χ1) is 28.3. The van der Waals surface area contributed by atoms with Gasteiger partial charge in [0.15, 0.2) is 0 Å². The van der Waals surface area contributed by atoms with Crippen LogP contribution in [0, 0.1) is 0 Å². The van der Waals surface area contributed by atoms with Crippen molar-refractivity contribution in [2.45, 2.75) is 159 Å². The van der Waals surface area contributed by atoms with Crippen LogP contribution in [0.2, 0.25) is 0 Å². The number of nitrogens with zero attached hydrogens (tertiary/aromatic N) is 2. The van der Waals surface area contributed by atoms with Crippen LogP contribution in [-0.2, 0) is 29.8 Å². The van der Waals surface area contributed by atoms with Gasteiger partial charge in [-0.2, -0.15) is 10.1 Å². The molecule has 1 aliphatic heterocycles. The number of carbonyl (C=O) groups excluding carboxylic acids is 1. The van der Waals surface area contributed by atoms with E-state index in [0.717, 1.165) is 24.8 Å². The van der Waals surface area contributed by atoms with Gasteiger partial charge in [0.1, 0.15) is 29.3 Å². The van der Waals surface area contributed by atoms with Crippen molar-refractivity contribution in [2.75, 3.05) is 24.7 Å². The van der Waals surface area contributed by atoms with E-state index in [4.69, 9.17) is 24.3 Å². The van der Waals surface area contributed by atoms with E-state index in [1.54, 1.807) is 24.3 Å². The lowest BCUT2D eigenvalue weighted by molar-refractivity contribution is -0.145. The van der Waals surface area contributed by atoms with Crippen LogP contribution in [0.5, 0.6) is 5.75 Å². The van der Waals surface area contributed by atoms with Gasteiger partial charge < -0.3 is 19.7 Å². The standard InChI is InChI=1S/C45H69N4O7PS/c1-2-3-4-5-6-7-8-9-10-11-12-13-14-15-16-17-18-19-20-27-34-53-44(50)40(35-38-28-23-21-24-29-38)48-57(52,56-39-30-25-22-26-31-39)54-36-43-55-42(37-58-43)49-33-32-41(46)47-45(49)51/h21-26,28-33,40,42-43H,2-20,27,34-37H2,1H3,(H,48,52)(H2,46,47,51)/t40-,42?,43?,57?/m1/s1. The average Bonchev–Trinajstić information content (AvgIpc) is 3.70. The van der Waals surface area contributed by atoms with E-state index >= 15 is 0 Å². The fourth-order valence-electron chi connectivity index (χ4n) is 7.04. The predicted octanol–water partition coefficient (Wildman–Crippen LogP) is 11.2. The smallest absolute Gasteiger partial charge is 0.459 e. The highest BCUT2D eigenvalue weighted by atomic mass is 32.2. The number of thioether (sulfide) groups is 1. The Kier molecular flexibility index (Phi) is 23.2. The maximum absolute atomic E-state index is 14.4. The number of para-hydroxylation sites is 1. The summed E-state index contributed by atoms with van der Waals surface area (Å²) in [5, 5.41) is 2.92. The van der Waals surface area contributed by atoms with Gasteiger partial charge in [-0.25, -0.2) is 9.36 Å². The van der Waals surface area contributed by atoms with Crippen LogP contribution >= 0.6 is 19.5 Å². The molecule has 58 heavy (non-hydrogen) atoms. The van der Waals surface area contributed by atoms with Gasteiger partial charge in [-0.15, -0.1) is 11.8 Å². The summed E-state index contributed by atoms with van der Waals surface area (Å²) in [4.78, 5) is 29.8. The summed E-state index contributed by atoms with van der Waals surface area (Å²) in [6, 6.07) is 18.7. The highest BCUT2D eigenvalue weighted by molar-refractivity contribution is 8.00. The Morgan fingerprint density at radius 1 is 0.828 bits per heavy atom. The topological polar surface area (TPSA) is 144 Å². The molecule has 2 heterocycles. The molecule has 0 bridgehead atoms. The van der Waals surface area contributed by atoms with E-state index in [0.29, 0.717) is 11.5 Å². The number of nitrogens with two attached hydrogens (primary N) is 1. The molecule has 1 fully saturated rings. The average molecular weight is 841 g/mol. The molecular weight excluding hydrogens is 772 g/mol. The Labute approximate surface area is 351 Å². The number of nitrogens with one attached hydrogen (secondary N) is 1. The van der Waals surface area contributed by atoms with Crippen LogP contribution < -0.4 is 21.0 Å². The fourth-order valence-corrected chi connectivity index (χ4v) is 9.62. The van der Waals surface area contributed by atoms with E-state index < -0.39 is 37.1 Å². The Morgan fingerprint density at radius 3 is 1.91 bits per heavy atom. The van der Waals surface area contributed by atoms with Crippen LogP contribution in [0.1, 0.15) is 147 Å². The van der Waals surface area contributed by atoms with Gasteiger partial charge >= 0.3 is 19.4 Å². The maximum atomic E-state index is 14.4. The van der Waals surface area contributed by atoms with E-state index in [-0.39, 0.29) is 25.5 Å². The molecule has 322 valence electrons. The van der Waals surface area contributed by atoms with E-state index in [9.17, 15) is 14.2 Å². The lowest BCUT2D eigenvalue weighted by Gasteiger charge is -2.25. The summed E-state index contributed by atoms with van der Waals surface area (Å²) < 4.78 is 39.5. The second-order valence-corrected chi connectivity index (χ2v) is 18.2. The lowest BCUT2D eigenvalue weighted by Crippen LogP contribution is -2.40. The van der Waals surface area contributed by atoms with Gasteiger partial charge in [0, 0.05) is 11.9 Å². The molecule has 4 atom stereocenters. The molecule has 11 nitrogen and oxygen atoms in total. The minimum Gasteiger partial charge on any atom is -0.465 e. The largest absolute Gasteiger partial charge is 0.465 e. The van der Waals surface area contributed by atoms with Gasteiger partial charge in [-0.1, -0.05) is 177 Å². The van der Waals surface area contributed by atoms with Crippen LogP contribution in [0.15, 0.2) is 77.7 Å². The molecule has 0 saturated carbocycles. The van der Waals surface area contributed by atoms with E-state index in [1.807, 2.05) is 36.4 Å². The second-order valence-electron chi connectivity index (χ2n) is 15.3. The zero-order valence-electron chi connectivity index (χ0n) is 34.8. The Morgan fingerprint density at radius 2 is 1.36 bits per heavy atom. The SMILES string of the molecule is CCCCCCCCCCCCCCCCCCCCCCOC(=O)[C@@H](Cc1ccccc1)NP(=O)(OCC1OC(n2ccc(N)nc2=O)CS1)Oc1ccccc1. The number of nitrogen functional groups attached to an aromatic ring is 1. The van der Waals surface area contributed by atoms with Crippen molar-refractivity contribution in [3.05, 3.63) is 89.0 Å². The number of hydrogen-bond donors (Lipinski definition) is 2. The second kappa shape index (κ2) is 28.3. The Hall–Kier alpha value is -3.15. The zero-order valence-corrected chi connectivity index (χ0v) is 36.5. The number of rotatable bonds is 32. The summed E-state index contributed by atoms with van der Waals surface area (Å²) in [7, 11) is -4.17. The first-order valence-corrected chi connectivity index (χ1v) is 24.5. The number of hydrogen-bond acceptors (Lipinski definition) is 10. The minimum atomic E-state index is -4.17. The van der Waals surface area contributed by atoms with Crippen molar-refractivity contribution in [3.63, 3.8) is 0 Å². The normalized spacial score (nSPS) is 16.8. The number of esters is 1. The summed E-state index contributed by atoms with van der Waals surface area (Å²) in [6.45, 7) is 2.42. The Bertz CT molecular complexity index is 1650. The third kappa shape index (κ3) is 19.3. The van der Waals surface area contributed by atoms with Crippen molar-refractivity contribution in [1.82, 2.24) is 14.6 Å². The van der Waals surface area contributed by atoms with Crippen LogP contribution in [0.3, 0.4) is 0 Å². The number of ether oxygens (including phenoxy) is 2. The third-order valence-electron chi connectivity index (χ3n) is 10.4. The lowest BCUT2D eigenvalue weighted by atomic mass is 10.0. The molecular formula is C45H69N4O7PS. The van der Waals surface area contributed by atoms with Gasteiger partial charge in [0.05, 0.1) is 13.2 Å². The van der Waals surface area contributed by atoms with Crippen LogP contribution in [-0.4, -0.2) is 46.0 Å². The minimum absolute atomic E-state index is 0.126. The fraction of sp³-hybridized carbons (Fsp3) is 0.622. The molecule has 1 aliphatic rings. The maximum Gasteiger partial charge on any atom is 0.459 e. The summed E-state index contributed by atoms with van der Waals surface area (Å²) >= 11 is 1.40. The van der Waals surface area contributed by atoms with Gasteiger partial charge in [-0.05, 0) is 36.6 Å². The van der Waals surface area contributed by atoms with Gasteiger partial charge in [0.25, 0.3) is 0 Å². The molecule has 2 aromatic carbocycles. The summed E-state index contributed by atoms with van der Waals surface area (Å²) in [5.41, 5.74) is 5.42. The predicted molar refractivity (Wildman–Crippen MR) is 236 cm³/mol. The molecule has 3 aromatic rings. The third-order valence-corrected chi connectivity index (χ3v) is 13.0. The number of anilines is 1. The molecule has 3 N–H and O–H groups in total. The molecule has 0 aliphatic carbocycles. The molecule has 13 heteroatoms.